The molecule has 1 aromatic rings. The Morgan fingerprint density at radius 3 is 2.94 bits per heavy atom. The van der Waals surface area contributed by atoms with Crippen LogP contribution in [0.3, 0.4) is 0 Å². The van der Waals surface area contributed by atoms with E-state index in [2.05, 4.69) is 29.0 Å². The maximum absolute atomic E-state index is 12.3. The van der Waals surface area contributed by atoms with Gasteiger partial charge in [0.25, 0.3) is 5.91 Å². The first-order valence-electron chi connectivity index (χ1n) is 6.35. The van der Waals surface area contributed by atoms with Gasteiger partial charge in [0.15, 0.2) is 0 Å². The lowest BCUT2D eigenvalue weighted by atomic mass is 10.0. The van der Waals surface area contributed by atoms with E-state index in [-0.39, 0.29) is 5.91 Å². The van der Waals surface area contributed by atoms with Crippen LogP contribution in [0.25, 0.3) is 0 Å². The summed E-state index contributed by atoms with van der Waals surface area (Å²) in [5.41, 5.74) is 0. The van der Waals surface area contributed by atoms with Crippen LogP contribution in [-0.2, 0) is 6.42 Å². The summed E-state index contributed by atoms with van der Waals surface area (Å²) in [6, 6.07) is 0.339. The number of carbonyl (C=O) groups excluding carboxylic acids is 1. The molecule has 0 aromatic carbocycles. The summed E-state index contributed by atoms with van der Waals surface area (Å²) in [5.74, 6) is 1.55. The van der Waals surface area contributed by atoms with Crippen LogP contribution in [0.15, 0.2) is 0 Å². The monoisotopic (exact) mass is 236 g/mol. The van der Waals surface area contributed by atoms with Gasteiger partial charge in [0.1, 0.15) is 5.82 Å². The molecule has 1 unspecified atom stereocenters. The number of aromatic nitrogens is 3. The SMILES string of the molecule is CCc1nc(C(=O)N2CCCC2C(C)C)n[nH]1. The molecule has 2 heterocycles. The minimum atomic E-state index is -0.0304. The largest absolute Gasteiger partial charge is 0.333 e. The zero-order valence-corrected chi connectivity index (χ0v) is 10.7. The Morgan fingerprint density at radius 2 is 2.35 bits per heavy atom. The second kappa shape index (κ2) is 4.85. The molecule has 1 amide bonds. The first-order chi connectivity index (χ1) is 8.13. The Hall–Kier alpha value is -1.39. The third-order valence-electron chi connectivity index (χ3n) is 3.39. The van der Waals surface area contributed by atoms with E-state index in [9.17, 15) is 4.79 Å². The molecule has 17 heavy (non-hydrogen) atoms. The molecule has 5 nitrogen and oxygen atoms in total. The van der Waals surface area contributed by atoms with E-state index >= 15 is 0 Å². The highest BCUT2D eigenvalue weighted by Crippen LogP contribution is 2.24. The molecule has 0 aliphatic carbocycles. The number of amides is 1. The molecule has 0 radical (unpaired) electrons. The van der Waals surface area contributed by atoms with Gasteiger partial charge in [-0.15, -0.1) is 5.10 Å². The van der Waals surface area contributed by atoms with Crippen molar-refractivity contribution < 1.29 is 4.79 Å². The summed E-state index contributed by atoms with van der Waals surface area (Å²) >= 11 is 0. The number of aryl methyl sites for hydroxylation is 1. The fourth-order valence-corrected chi connectivity index (χ4v) is 2.42. The van der Waals surface area contributed by atoms with E-state index in [0.29, 0.717) is 17.8 Å². The number of rotatable bonds is 3. The molecule has 1 saturated heterocycles. The van der Waals surface area contributed by atoms with E-state index in [1.165, 1.54) is 0 Å². The zero-order valence-electron chi connectivity index (χ0n) is 10.7. The van der Waals surface area contributed by atoms with E-state index in [0.717, 1.165) is 31.6 Å². The van der Waals surface area contributed by atoms with Crippen LogP contribution in [0.2, 0.25) is 0 Å². The maximum atomic E-state index is 12.3. The van der Waals surface area contributed by atoms with Crippen LogP contribution in [0.5, 0.6) is 0 Å². The predicted molar refractivity (Wildman–Crippen MR) is 64.7 cm³/mol. The summed E-state index contributed by atoms with van der Waals surface area (Å²) in [4.78, 5) is 18.4. The van der Waals surface area contributed by atoms with Crippen molar-refractivity contribution in [2.45, 2.75) is 46.1 Å². The average molecular weight is 236 g/mol. The quantitative estimate of drug-likeness (QED) is 0.867. The Kier molecular flexibility index (Phi) is 3.45. The van der Waals surface area contributed by atoms with Gasteiger partial charge < -0.3 is 4.90 Å². The van der Waals surface area contributed by atoms with Crippen LogP contribution in [0.1, 0.15) is 50.1 Å². The fourth-order valence-electron chi connectivity index (χ4n) is 2.42. The fraction of sp³-hybridized carbons (Fsp3) is 0.750. The van der Waals surface area contributed by atoms with Gasteiger partial charge in [0.2, 0.25) is 5.82 Å². The molecule has 1 fully saturated rings. The number of aromatic amines is 1. The van der Waals surface area contributed by atoms with Crippen molar-refractivity contribution in [1.82, 2.24) is 20.1 Å². The minimum Gasteiger partial charge on any atom is -0.333 e. The summed E-state index contributed by atoms with van der Waals surface area (Å²) in [6.45, 7) is 7.14. The van der Waals surface area contributed by atoms with Crippen LogP contribution in [-0.4, -0.2) is 38.6 Å². The highest BCUT2D eigenvalue weighted by molar-refractivity contribution is 5.90. The van der Waals surface area contributed by atoms with Crippen molar-refractivity contribution >= 4 is 5.91 Å². The summed E-state index contributed by atoms with van der Waals surface area (Å²) < 4.78 is 0. The van der Waals surface area contributed by atoms with Gasteiger partial charge in [0, 0.05) is 19.0 Å². The summed E-state index contributed by atoms with van der Waals surface area (Å²) in [7, 11) is 0. The lowest BCUT2D eigenvalue weighted by Crippen LogP contribution is -2.39. The third kappa shape index (κ3) is 2.33. The molecule has 1 atom stereocenters. The lowest BCUT2D eigenvalue weighted by molar-refractivity contribution is 0.0689. The van der Waals surface area contributed by atoms with Crippen molar-refractivity contribution in [1.29, 1.82) is 0 Å². The number of likely N-dealkylation sites (tertiary alicyclic amines) is 1. The van der Waals surface area contributed by atoms with Gasteiger partial charge in [-0.1, -0.05) is 20.8 Å². The van der Waals surface area contributed by atoms with E-state index in [4.69, 9.17) is 0 Å². The average Bonchev–Trinajstić information content (AvgIpc) is 2.97. The van der Waals surface area contributed by atoms with Crippen LogP contribution in [0.4, 0.5) is 0 Å². The standard InChI is InChI=1S/C12H20N4O/c1-4-10-13-11(15-14-10)12(17)16-7-5-6-9(16)8(2)3/h8-9H,4-7H2,1-3H3,(H,13,14,15). The Labute approximate surface area is 102 Å². The van der Waals surface area contributed by atoms with Crippen LogP contribution in [0, 0.1) is 5.92 Å². The van der Waals surface area contributed by atoms with Gasteiger partial charge in [-0.25, -0.2) is 4.98 Å². The van der Waals surface area contributed by atoms with Gasteiger partial charge in [-0.2, -0.15) is 0 Å². The Bertz CT molecular complexity index is 399. The van der Waals surface area contributed by atoms with Gasteiger partial charge in [-0.05, 0) is 18.8 Å². The highest BCUT2D eigenvalue weighted by atomic mass is 16.2. The second-order valence-electron chi connectivity index (χ2n) is 4.91. The Balaban J connectivity index is 2.13. The maximum Gasteiger partial charge on any atom is 0.293 e. The highest BCUT2D eigenvalue weighted by Gasteiger charge is 2.32. The lowest BCUT2D eigenvalue weighted by Gasteiger charge is -2.26. The second-order valence-corrected chi connectivity index (χ2v) is 4.91. The number of H-pyrrole nitrogens is 1. The first kappa shape index (κ1) is 12.1. The zero-order chi connectivity index (χ0) is 12.4. The molecule has 5 heteroatoms. The van der Waals surface area contributed by atoms with Gasteiger partial charge in [0.05, 0.1) is 0 Å². The molecule has 1 aliphatic heterocycles. The molecule has 1 aromatic heterocycles. The molecule has 2 rings (SSSR count). The molecule has 0 spiro atoms. The molecule has 94 valence electrons. The summed E-state index contributed by atoms with van der Waals surface area (Å²) in [6.07, 6.45) is 2.95. The van der Waals surface area contributed by atoms with Gasteiger partial charge in [-0.3, -0.25) is 9.89 Å². The predicted octanol–water partition coefficient (Wildman–Crippen LogP) is 1.63. The van der Waals surface area contributed by atoms with Crippen molar-refractivity contribution in [2.24, 2.45) is 5.92 Å². The third-order valence-corrected chi connectivity index (χ3v) is 3.39. The molecule has 1 N–H and O–H groups in total. The number of hydrogen-bond acceptors (Lipinski definition) is 3. The van der Waals surface area contributed by atoms with Gasteiger partial charge >= 0.3 is 0 Å². The number of nitrogens with zero attached hydrogens (tertiary/aromatic N) is 3. The van der Waals surface area contributed by atoms with Crippen molar-refractivity contribution in [3.63, 3.8) is 0 Å². The molecule has 0 bridgehead atoms. The topological polar surface area (TPSA) is 61.9 Å². The summed E-state index contributed by atoms with van der Waals surface area (Å²) in [5, 5.41) is 6.79. The Morgan fingerprint density at radius 1 is 1.59 bits per heavy atom. The van der Waals surface area contributed by atoms with E-state index in [1.54, 1.807) is 0 Å². The van der Waals surface area contributed by atoms with Crippen molar-refractivity contribution in [3.8, 4) is 0 Å². The van der Waals surface area contributed by atoms with E-state index in [1.807, 2.05) is 11.8 Å². The minimum absolute atomic E-state index is 0.0304. The normalized spacial score (nSPS) is 20.2. The van der Waals surface area contributed by atoms with Crippen molar-refractivity contribution in [2.75, 3.05) is 6.54 Å². The molecule has 0 saturated carbocycles. The molecule has 1 aliphatic rings. The first-order valence-corrected chi connectivity index (χ1v) is 6.35. The number of nitrogens with one attached hydrogen (secondary N) is 1. The van der Waals surface area contributed by atoms with E-state index < -0.39 is 0 Å². The number of hydrogen-bond donors (Lipinski definition) is 1. The van der Waals surface area contributed by atoms with Crippen LogP contribution < -0.4 is 0 Å². The molecular formula is C12H20N4O. The smallest absolute Gasteiger partial charge is 0.293 e. The molecular weight excluding hydrogens is 216 g/mol. The number of carbonyl (C=O) groups is 1. The van der Waals surface area contributed by atoms with Crippen LogP contribution >= 0.6 is 0 Å². The van der Waals surface area contributed by atoms with Crippen molar-refractivity contribution in [3.05, 3.63) is 11.6 Å².